The summed E-state index contributed by atoms with van der Waals surface area (Å²) < 4.78 is 15.1. The van der Waals surface area contributed by atoms with Gasteiger partial charge in [0.1, 0.15) is 5.00 Å². The fourth-order valence-electron chi connectivity index (χ4n) is 1.99. The maximum Gasteiger partial charge on any atom is 0.516 e. The Bertz CT molecular complexity index is 622. The van der Waals surface area contributed by atoms with Gasteiger partial charge in [0.15, 0.2) is 0 Å². The molecule has 0 spiro atoms. The van der Waals surface area contributed by atoms with E-state index in [2.05, 4.69) is 20.9 Å². The molecule has 0 saturated carbocycles. The molecule has 1 fully saturated rings. The summed E-state index contributed by atoms with van der Waals surface area (Å²) in [6, 6.07) is 4.07. The number of halogens is 1. The Morgan fingerprint density at radius 2 is 1.85 bits per heavy atom. The molecule has 1 aliphatic heterocycles. The molecule has 20 heavy (non-hydrogen) atoms. The lowest BCUT2D eigenvalue weighted by Crippen LogP contribution is -2.41. The summed E-state index contributed by atoms with van der Waals surface area (Å²) in [5, 5.41) is 1.10. The lowest BCUT2D eigenvalue weighted by atomic mass is 9.86. The smallest absolute Gasteiger partial charge is 0.398 e. The largest absolute Gasteiger partial charge is 0.516 e. The zero-order valence-corrected chi connectivity index (χ0v) is 14.3. The van der Waals surface area contributed by atoms with E-state index in [-0.39, 0.29) is 11.2 Å². The lowest BCUT2D eigenvalue weighted by molar-refractivity contribution is 0.00578. The highest BCUT2D eigenvalue weighted by atomic mass is 79.9. The zero-order valence-electron chi connectivity index (χ0n) is 11.9. The molecular weight excluding hydrogens is 339 g/mol. The number of hydrogen-bond donors (Lipinski definition) is 0. The topological polar surface area (TPSA) is 36.3 Å². The van der Waals surface area contributed by atoms with Crippen LogP contribution in [-0.4, -0.2) is 27.9 Å². The summed E-state index contributed by atoms with van der Waals surface area (Å²) in [5.41, 5.74) is 0.119. The van der Waals surface area contributed by atoms with E-state index in [1.165, 1.54) is 0 Å². The first-order valence-corrected chi connectivity index (χ1v) is 8.05. The first-order chi connectivity index (χ1) is 9.28. The molecule has 3 heterocycles. The van der Waals surface area contributed by atoms with Gasteiger partial charge >= 0.3 is 7.12 Å². The molecule has 0 aromatic carbocycles. The van der Waals surface area contributed by atoms with Crippen LogP contribution in [0.4, 0.5) is 0 Å². The Morgan fingerprint density at radius 3 is 2.40 bits per heavy atom. The third-order valence-corrected chi connectivity index (χ3v) is 5.55. The minimum absolute atomic E-state index is 0.340. The van der Waals surface area contributed by atoms with Crippen molar-refractivity contribution in [3.05, 3.63) is 28.4 Å². The van der Waals surface area contributed by atoms with Crippen LogP contribution in [0.25, 0.3) is 5.00 Å². The third-order valence-electron chi connectivity index (χ3n) is 3.91. The molecule has 0 N–H and O–H groups in total. The second kappa shape index (κ2) is 4.69. The molecule has 1 aliphatic rings. The maximum atomic E-state index is 6.00. The van der Waals surface area contributed by atoms with Crippen LogP contribution >= 0.6 is 27.3 Å². The fourth-order valence-corrected chi connectivity index (χ4v) is 3.29. The molecule has 2 aromatic rings. The van der Waals surface area contributed by atoms with Crippen LogP contribution in [0.2, 0.25) is 0 Å². The van der Waals surface area contributed by atoms with E-state index in [4.69, 9.17) is 9.31 Å². The molecule has 0 bridgehead atoms. The number of nitrogens with zero attached hydrogens (tertiary/aromatic N) is 2. The first kappa shape index (κ1) is 14.3. The predicted octanol–water partition coefficient (Wildman–Crippen LogP) is 3.00. The van der Waals surface area contributed by atoms with E-state index in [1.807, 2.05) is 50.6 Å². The van der Waals surface area contributed by atoms with Crippen molar-refractivity contribution < 1.29 is 9.31 Å². The SMILES string of the molecule is CC1(C)OB(c2cn(-c3ccc(Br)s3)cn2)OC1(C)C. The molecule has 0 radical (unpaired) electrons. The second-order valence-corrected chi connectivity index (χ2v) is 8.31. The van der Waals surface area contributed by atoms with Crippen molar-refractivity contribution in [1.29, 1.82) is 0 Å². The van der Waals surface area contributed by atoms with E-state index in [0.29, 0.717) is 0 Å². The van der Waals surface area contributed by atoms with Gasteiger partial charge in [-0.3, -0.25) is 4.57 Å². The summed E-state index contributed by atoms with van der Waals surface area (Å²) in [4.78, 5) is 4.42. The van der Waals surface area contributed by atoms with Crippen LogP contribution < -0.4 is 5.59 Å². The van der Waals surface area contributed by atoms with E-state index < -0.39 is 7.12 Å². The number of imidazole rings is 1. The molecule has 0 amide bonds. The predicted molar refractivity (Wildman–Crippen MR) is 84.9 cm³/mol. The number of aromatic nitrogens is 2. The van der Waals surface area contributed by atoms with Crippen molar-refractivity contribution in [2.24, 2.45) is 0 Å². The van der Waals surface area contributed by atoms with E-state index >= 15 is 0 Å². The highest BCUT2D eigenvalue weighted by Gasteiger charge is 2.52. The van der Waals surface area contributed by atoms with Crippen LogP contribution in [0, 0.1) is 0 Å². The summed E-state index contributed by atoms with van der Waals surface area (Å²) in [5.74, 6) is 0. The van der Waals surface area contributed by atoms with E-state index in [1.54, 1.807) is 17.7 Å². The van der Waals surface area contributed by atoms with Crippen molar-refractivity contribution in [3.63, 3.8) is 0 Å². The molecule has 1 saturated heterocycles. The molecule has 0 atom stereocenters. The molecule has 0 unspecified atom stereocenters. The quantitative estimate of drug-likeness (QED) is 0.778. The van der Waals surface area contributed by atoms with Gasteiger partial charge in [0.25, 0.3) is 0 Å². The van der Waals surface area contributed by atoms with Crippen molar-refractivity contribution in [3.8, 4) is 5.00 Å². The zero-order chi connectivity index (χ0) is 14.5. The highest BCUT2D eigenvalue weighted by Crippen LogP contribution is 2.36. The molecule has 106 valence electrons. The van der Waals surface area contributed by atoms with E-state index in [9.17, 15) is 0 Å². The van der Waals surface area contributed by atoms with Crippen molar-refractivity contribution in [2.75, 3.05) is 0 Å². The summed E-state index contributed by atoms with van der Waals surface area (Å²) in [7, 11) is -0.412. The first-order valence-electron chi connectivity index (χ1n) is 6.44. The summed E-state index contributed by atoms with van der Waals surface area (Å²) in [6.45, 7) is 8.17. The second-order valence-electron chi connectivity index (χ2n) is 5.87. The Kier molecular flexibility index (Phi) is 3.36. The molecule has 2 aromatic heterocycles. The van der Waals surface area contributed by atoms with Gasteiger partial charge in [-0.1, -0.05) is 0 Å². The Hall–Kier alpha value is -0.625. The monoisotopic (exact) mass is 354 g/mol. The van der Waals surface area contributed by atoms with Gasteiger partial charge in [-0.15, -0.1) is 11.3 Å². The fraction of sp³-hybridized carbons (Fsp3) is 0.462. The lowest BCUT2D eigenvalue weighted by Gasteiger charge is -2.32. The van der Waals surface area contributed by atoms with Gasteiger partial charge < -0.3 is 9.31 Å². The van der Waals surface area contributed by atoms with Crippen molar-refractivity contribution in [2.45, 2.75) is 38.9 Å². The van der Waals surface area contributed by atoms with Crippen LogP contribution in [-0.2, 0) is 9.31 Å². The van der Waals surface area contributed by atoms with Gasteiger partial charge in [0.2, 0.25) is 0 Å². The number of thiophene rings is 1. The molecule has 4 nitrogen and oxygen atoms in total. The minimum Gasteiger partial charge on any atom is -0.398 e. The van der Waals surface area contributed by atoms with Gasteiger partial charge in [-0.2, -0.15) is 0 Å². The van der Waals surface area contributed by atoms with Crippen molar-refractivity contribution >= 4 is 40.0 Å². The molecule has 7 heteroatoms. The number of hydrogen-bond acceptors (Lipinski definition) is 4. The van der Waals surface area contributed by atoms with Crippen molar-refractivity contribution in [1.82, 2.24) is 9.55 Å². The van der Waals surface area contributed by atoms with Gasteiger partial charge in [-0.05, 0) is 55.8 Å². The maximum absolute atomic E-state index is 6.00. The van der Waals surface area contributed by atoms with Crippen LogP contribution in [0.1, 0.15) is 27.7 Å². The average molecular weight is 355 g/mol. The molecular formula is C13H16BBrN2O2S. The van der Waals surface area contributed by atoms with Crippen LogP contribution in [0.5, 0.6) is 0 Å². The van der Waals surface area contributed by atoms with E-state index in [0.717, 1.165) is 14.4 Å². The van der Waals surface area contributed by atoms with Gasteiger partial charge in [-0.25, -0.2) is 4.98 Å². The molecule has 3 rings (SSSR count). The Morgan fingerprint density at radius 1 is 1.20 bits per heavy atom. The standard InChI is InChI=1S/C13H16BBrN2O2S/c1-12(2)13(3,4)19-14(18-12)9-7-17(8-16-9)11-6-5-10(15)20-11/h5-8H,1-4H3. The normalized spacial score (nSPS) is 20.6. The molecule has 0 aliphatic carbocycles. The number of rotatable bonds is 2. The van der Waals surface area contributed by atoms with Crippen LogP contribution in [0.3, 0.4) is 0 Å². The van der Waals surface area contributed by atoms with Gasteiger partial charge in [0, 0.05) is 6.20 Å². The Balaban J connectivity index is 1.85. The summed E-state index contributed by atoms with van der Waals surface area (Å²) >= 11 is 5.12. The third kappa shape index (κ3) is 2.37. The average Bonchev–Trinajstić information content (AvgIpc) is 2.98. The van der Waals surface area contributed by atoms with Gasteiger partial charge in [0.05, 0.1) is 26.9 Å². The van der Waals surface area contributed by atoms with Crippen LogP contribution in [0.15, 0.2) is 28.4 Å². The highest BCUT2D eigenvalue weighted by molar-refractivity contribution is 9.11. The summed E-state index contributed by atoms with van der Waals surface area (Å²) in [6.07, 6.45) is 3.75. The Labute approximate surface area is 131 Å². The minimum atomic E-state index is -0.412.